The van der Waals surface area contributed by atoms with E-state index >= 15 is 0 Å². The van der Waals surface area contributed by atoms with Crippen LogP contribution in [0, 0.1) is 27.7 Å². The van der Waals surface area contributed by atoms with Gasteiger partial charge in [-0.2, -0.15) is 40.8 Å². The average molecular weight is 2050 g/mol. The van der Waals surface area contributed by atoms with Crippen molar-refractivity contribution in [3.8, 4) is 138 Å². The third-order valence-corrected chi connectivity index (χ3v) is 17.6. The van der Waals surface area contributed by atoms with Gasteiger partial charge in [-0.3, -0.25) is 0 Å². The number of pyridine rings is 8. The van der Waals surface area contributed by atoms with Crippen LogP contribution in [0.2, 0.25) is 0 Å². The van der Waals surface area contributed by atoms with Gasteiger partial charge < -0.3 is 110 Å². The number of halogens is 16. The minimum atomic E-state index is -6.00. The molecule has 136 heavy (non-hydrogen) atoms. The number of aromatic nitrogens is 32. The van der Waals surface area contributed by atoms with Crippen LogP contribution in [-0.4, -0.2) is 168 Å². The summed E-state index contributed by atoms with van der Waals surface area (Å²) in [6.45, 7) is 7.93. The normalized spacial score (nSPS) is 10.9. The second kappa shape index (κ2) is 47.5. The second-order valence-corrected chi connectivity index (χ2v) is 26.7. The molecule has 0 saturated heterocycles. The third-order valence-electron chi connectivity index (χ3n) is 17.6. The molecule has 32 nitrogen and oxygen atoms in total. The maximum Gasteiger partial charge on any atom is 2.00 e. The predicted octanol–water partition coefficient (Wildman–Crippen LogP) is 16.6. The minimum Gasteiger partial charge on any atom is -0.573 e. The summed E-state index contributed by atoms with van der Waals surface area (Å²) >= 11 is 0. The van der Waals surface area contributed by atoms with Gasteiger partial charge in [0.25, 0.3) is 0 Å². The summed E-state index contributed by atoms with van der Waals surface area (Å²) in [7, 11) is -24.0. The standard InChI is InChI=1S/4C20H15N8.4BF4.4Co/c4*1-14-19(15-6-2-8-17(23-15)27-12-4-10-21-27)25-26-20(14)16-7-3-9-18(24-16)28-13-5-11-22-28;4*2-1(3,4)5;;;;/h4*2-13H,1H3;;;;;;;;/q8*-1;4*+2. The number of nitrogens with zero attached hydrogens (tertiary/aromatic N) is 32. The molecule has 0 aliphatic rings. The molecule has 0 amide bonds. The number of hydrogen-bond donors (Lipinski definition) is 0. The van der Waals surface area contributed by atoms with Crippen LogP contribution in [0.25, 0.3) is 138 Å². The van der Waals surface area contributed by atoms with Crippen molar-refractivity contribution in [1.29, 1.82) is 0 Å². The first-order valence-electron chi connectivity index (χ1n) is 38.5. The maximum absolute atomic E-state index is 9.75. The van der Waals surface area contributed by atoms with Crippen LogP contribution >= 0.6 is 0 Å². The molecule has 0 saturated carbocycles. The van der Waals surface area contributed by atoms with Crippen molar-refractivity contribution < 1.29 is 136 Å². The van der Waals surface area contributed by atoms with Gasteiger partial charge in [-0.25, -0.2) is 77.3 Å². The van der Waals surface area contributed by atoms with Crippen LogP contribution in [0.4, 0.5) is 69.1 Å². The van der Waals surface area contributed by atoms with Crippen LogP contribution in [0.3, 0.4) is 0 Å². The Morgan fingerprint density at radius 1 is 0.191 bits per heavy atom. The molecule has 20 aromatic heterocycles. The van der Waals surface area contributed by atoms with Gasteiger partial charge in [0.2, 0.25) is 0 Å². The van der Waals surface area contributed by atoms with Crippen LogP contribution in [0.5, 0.6) is 0 Å². The second-order valence-electron chi connectivity index (χ2n) is 26.7. The van der Waals surface area contributed by atoms with Crippen molar-refractivity contribution in [2.75, 3.05) is 0 Å². The van der Waals surface area contributed by atoms with E-state index in [1.807, 2.05) is 271 Å². The topological polar surface area (TPSA) is 354 Å². The molecule has 0 aliphatic heterocycles. The quantitative estimate of drug-likeness (QED) is 0.0640. The minimum absolute atomic E-state index is 0. The van der Waals surface area contributed by atoms with Crippen LogP contribution in [-0.2, 0) is 67.1 Å². The van der Waals surface area contributed by atoms with E-state index in [0.29, 0.717) is 0 Å². The zero-order valence-corrected chi connectivity index (χ0v) is 73.9. The van der Waals surface area contributed by atoms with E-state index in [9.17, 15) is 69.1 Å². The Balaban J connectivity index is 0.000000188. The fraction of sp³-hybridized carbons (Fsp3) is 0.0500. The third kappa shape index (κ3) is 29.4. The molecule has 4 radical (unpaired) electrons. The molecule has 20 heterocycles. The summed E-state index contributed by atoms with van der Waals surface area (Å²) in [5, 5.41) is 68.8. The predicted molar refractivity (Wildman–Crippen MR) is 453 cm³/mol. The molecule has 0 atom stereocenters. The molecule has 0 unspecified atom stereocenters. The summed E-state index contributed by atoms with van der Waals surface area (Å²) in [5.74, 6) is 5.82. The van der Waals surface area contributed by atoms with Crippen molar-refractivity contribution in [3.05, 3.63) is 316 Å². The van der Waals surface area contributed by atoms with Crippen molar-refractivity contribution >= 4 is 29.0 Å². The molecule has 0 aromatic carbocycles. The van der Waals surface area contributed by atoms with E-state index in [1.165, 1.54) is 0 Å². The SMILES string of the molecule is Cc1c(-c2cccc(-n3cccn3)n2)n[n-]c1-c1cccc(-n2cccn2)n1.Cc1c(-c2cccc(-n3cccn3)n2)n[n-]c1-c1cccc(-n2cccn2)n1.Cc1c(-c2cccc(-n3cccn3)n2)n[n-]c1-c1cccc(-n2cccn2)n1.Cc1c(-c2cccc(-n3cccn3)n2)n[n-]c1-c1cccc(-n2cccn2)n1.F[B-](F)(F)F.F[B-](F)(F)F.F[B-](F)(F)F.F[B-](F)(F)F.[Co+2].[Co+2].[Co+2].[Co+2]. The zero-order chi connectivity index (χ0) is 93.7. The van der Waals surface area contributed by atoms with Crippen molar-refractivity contribution in [2.45, 2.75) is 27.7 Å². The Bertz CT molecular complexity index is 5770. The smallest absolute Gasteiger partial charge is 0.573 e. The fourth-order valence-electron chi connectivity index (χ4n) is 12.1. The maximum atomic E-state index is 9.75. The molecular weight excluding hydrogens is 1990 g/mol. The number of rotatable bonds is 16. The van der Waals surface area contributed by atoms with Gasteiger partial charge >= 0.3 is 96.1 Å². The van der Waals surface area contributed by atoms with E-state index in [2.05, 4.69) is 121 Å². The first-order chi connectivity index (χ1) is 63.2. The molecule has 0 fully saturated rings. The summed E-state index contributed by atoms with van der Waals surface area (Å²) in [6.07, 6.45) is 28.6. The monoisotopic (exact) mass is 2050 g/mol. The Kier molecular flexibility index (Phi) is 36.5. The van der Waals surface area contributed by atoms with Crippen molar-refractivity contribution in [1.82, 2.24) is 159 Å². The van der Waals surface area contributed by atoms with Gasteiger partial charge in [0.15, 0.2) is 46.5 Å². The molecule has 0 aliphatic carbocycles. The van der Waals surface area contributed by atoms with E-state index < -0.39 is 29.0 Å². The Labute approximate surface area is 800 Å². The van der Waals surface area contributed by atoms with Gasteiger partial charge in [0.1, 0.15) is 0 Å². The van der Waals surface area contributed by atoms with Gasteiger partial charge in [0.05, 0.1) is 68.3 Å². The van der Waals surface area contributed by atoms with Crippen molar-refractivity contribution in [3.63, 3.8) is 0 Å². The fourth-order valence-corrected chi connectivity index (χ4v) is 12.1. The molecule has 20 rings (SSSR count). The molecule has 0 bridgehead atoms. The largest absolute Gasteiger partial charge is 2.00 e. The Morgan fingerprint density at radius 3 is 0.441 bits per heavy atom. The summed E-state index contributed by atoms with van der Waals surface area (Å²) in [6, 6.07) is 60.9. The van der Waals surface area contributed by atoms with Crippen LogP contribution in [0.15, 0.2) is 293 Å². The molecular formula is C80H60B4Co4F16N32. The van der Waals surface area contributed by atoms with E-state index in [0.717, 1.165) is 160 Å². The molecule has 56 heteroatoms. The molecule has 700 valence electrons. The first-order valence-corrected chi connectivity index (χ1v) is 38.5. The van der Waals surface area contributed by atoms with E-state index in [1.54, 1.807) is 87.0 Å². The summed E-state index contributed by atoms with van der Waals surface area (Å²) < 4.78 is 170. The van der Waals surface area contributed by atoms with Gasteiger partial charge in [-0.05, 0) is 196 Å². The average Bonchev–Trinajstić information content (AvgIpc) is 1.68. The van der Waals surface area contributed by atoms with Gasteiger partial charge in [0, 0.05) is 99.1 Å². The zero-order valence-electron chi connectivity index (χ0n) is 69.7. The van der Waals surface area contributed by atoms with Crippen LogP contribution in [0.1, 0.15) is 22.3 Å². The molecule has 0 spiro atoms. The van der Waals surface area contributed by atoms with Gasteiger partial charge in [-0.15, -0.1) is 0 Å². The molecule has 0 N–H and O–H groups in total. The first kappa shape index (κ1) is 105. The summed E-state index contributed by atoms with van der Waals surface area (Å²) in [5.41, 5.74) is 15.5. The van der Waals surface area contributed by atoms with E-state index in [4.69, 9.17) is 0 Å². The van der Waals surface area contributed by atoms with Crippen LogP contribution < -0.4 is 20.4 Å². The van der Waals surface area contributed by atoms with E-state index in [-0.39, 0.29) is 67.1 Å². The molecule has 20 aromatic rings. The van der Waals surface area contributed by atoms with Gasteiger partial charge in [-0.1, -0.05) is 71.3 Å². The Hall–Kier alpha value is -15.1. The van der Waals surface area contributed by atoms with Crippen molar-refractivity contribution in [2.24, 2.45) is 0 Å². The Morgan fingerprint density at radius 2 is 0.316 bits per heavy atom. The summed E-state index contributed by atoms with van der Waals surface area (Å²) in [4.78, 5) is 37.4. The number of hydrogen-bond acceptors (Lipinski definition) is 20.